The maximum atomic E-state index is 14.4. The summed E-state index contributed by atoms with van der Waals surface area (Å²) in [5.41, 5.74) is 0.310. The van der Waals surface area contributed by atoms with Crippen LogP contribution in [0.15, 0.2) is 22.7 Å². The van der Waals surface area contributed by atoms with E-state index in [0.29, 0.717) is 28.4 Å². The van der Waals surface area contributed by atoms with Crippen molar-refractivity contribution < 1.29 is 17.5 Å². The van der Waals surface area contributed by atoms with E-state index < -0.39 is 15.7 Å². The Kier molecular flexibility index (Phi) is 4.65. The van der Waals surface area contributed by atoms with E-state index in [4.69, 9.17) is 17.0 Å². The second-order valence-electron chi connectivity index (χ2n) is 5.65. The topological polar surface area (TPSA) is 49.9 Å². The van der Waals surface area contributed by atoms with Gasteiger partial charge in [0, 0.05) is 18.1 Å². The third kappa shape index (κ3) is 3.11. The van der Waals surface area contributed by atoms with Crippen molar-refractivity contribution in [2.24, 2.45) is 0 Å². The van der Waals surface area contributed by atoms with E-state index in [-0.39, 0.29) is 23.6 Å². The van der Waals surface area contributed by atoms with Crippen LogP contribution < -0.4 is 4.90 Å². The van der Waals surface area contributed by atoms with Gasteiger partial charge in [0.1, 0.15) is 5.82 Å². The van der Waals surface area contributed by atoms with Gasteiger partial charge in [-0.25, -0.2) is 12.8 Å². The number of sulfone groups is 1. The Hall–Kier alpha value is -0.770. The van der Waals surface area contributed by atoms with Crippen molar-refractivity contribution in [3.05, 3.63) is 28.5 Å². The van der Waals surface area contributed by atoms with Crippen LogP contribution in [-0.2, 0) is 14.6 Å². The van der Waals surface area contributed by atoms with Gasteiger partial charge in [-0.15, -0.1) is 0 Å². The molecule has 0 unspecified atom stereocenters. The van der Waals surface area contributed by atoms with E-state index in [1.54, 1.807) is 24.1 Å². The summed E-state index contributed by atoms with van der Waals surface area (Å²) in [6.07, 6.45) is 0. The highest BCUT2D eigenvalue weighted by Crippen LogP contribution is 2.36. The van der Waals surface area contributed by atoms with Gasteiger partial charge in [-0.3, -0.25) is 0 Å². The summed E-state index contributed by atoms with van der Waals surface area (Å²) in [5.74, 6) is -0.411. The van der Waals surface area contributed by atoms with Crippen molar-refractivity contribution >= 4 is 48.8 Å². The molecule has 2 atom stereocenters. The van der Waals surface area contributed by atoms with Crippen molar-refractivity contribution in [3.63, 3.8) is 0 Å². The normalized spacial score (nSPS) is 26.0. The molecule has 0 N–H and O–H groups in total. The fourth-order valence-electron chi connectivity index (χ4n) is 3.19. The molecule has 126 valence electrons. The molecule has 0 radical (unpaired) electrons. The average molecular weight is 423 g/mol. The largest absolute Gasteiger partial charge is 0.383 e. The molecule has 5 nitrogen and oxygen atoms in total. The quantitative estimate of drug-likeness (QED) is 0.689. The number of benzene rings is 1. The second-order valence-corrected chi connectivity index (χ2v) is 9.08. The minimum absolute atomic E-state index is 0.0171. The first-order valence-corrected chi connectivity index (χ1v) is 10.1. The molecule has 0 aliphatic carbocycles. The number of methoxy groups -OCH3 is 1. The molecular formula is C14H16BrFN2O3S2. The lowest BCUT2D eigenvalue weighted by molar-refractivity contribution is 0.169. The van der Waals surface area contributed by atoms with Crippen molar-refractivity contribution in [2.45, 2.75) is 12.1 Å². The molecule has 0 spiro atoms. The van der Waals surface area contributed by atoms with Crippen LogP contribution in [0, 0.1) is 5.82 Å². The lowest BCUT2D eigenvalue weighted by Crippen LogP contribution is -2.39. The summed E-state index contributed by atoms with van der Waals surface area (Å²) in [6, 6.07) is 4.07. The van der Waals surface area contributed by atoms with Gasteiger partial charge < -0.3 is 14.5 Å². The summed E-state index contributed by atoms with van der Waals surface area (Å²) in [6.45, 7) is 0.917. The minimum Gasteiger partial charge on any atom is -0.383 e. The fraction of sp³-hybridized carbons (Fsp3) is 0.500. The molecule has 0 aromatic heterocycles. The zero-order valence-corrected chi connectivity index (χ0v) is 15.6. The van der Waals surface area contributed by atoms with Gasteiger partial charge in [0.25, 0.3) is 0 Å². The number of halogens is 2. The van der Waals surface area contributed by atoms with Crippen LogP contribution in [0.5, 0.6) is 0 Å². The third-order valence-electron chi connectivity index (χ3n) is 4.18. The van der Waals surface area contributed by atoms with Gasteiger partial charge in [-0.2, -0.15) is 0 Å². The summed E-state index contributed by atoms with van der Waals surface area (Å²) >= 11 is 8.73. The predicted molar refractivity (Wildman–Crippen MR) is 94.0 cm³/mol. The highest BCUT2D eigenvalue weighted by Gasteiger charge is 2.52. The molecule has 1 aromatic carbocycles. The maximum absolute atomic E-state index is 14.4. The number of nitrogens with zero attached hydrogens (tertiary/aromatic N) is 2. The molecule has 1 aromatic rings. The number of anilines is 1. The smallest absolute Gasteiger partial charge is 0.176 e. The Balaban J connectivity index is 2.00. The first kappa shape index (κ1) is 17.1. The van der Waals surface area contributed by atoms with Crippen LogP contribution in [0.2, 0.25) is 0 Å². The molecule has 2 saturated heterocycles. The number of rotatable bonds is 4. The Morgan fingerprint density at radius 2 is 2.09 bits per heavy atom. The molecule has 9 heteroatoms. The minimum atomic E-state index is -3.16. The molecule has 0 saturated carbocycles. The second kappa shape index (κ2) is 6.27. The third-order valence-corrected chi connectivity index (χ3v) is 6.81. The zero-order valence-electron chi connectivity index (χ0n) is 12.4. The van der Waals surface area contributed by atoms with E-state index in [0.717, 1.165) is 0 Å². The van der Waals surface area contributed by atoms with Crippen LogP contribution in [0.25, 0.3) is 0 Å². The van der Waals surface area contributed by atoms with Gasteiger partial charge in [0.2, 0.25) is 0 Å². The summed E-state index contributed by atoms with van der Waals surface area (Å²) in [5, 5.41) is 0.452. The molecule has 2 fully saturated rings. The number of thiocarbonyl (C=S) groups is 1. The lowest BCUT2D eigenvalue weighted by atomic mass is 10.1. The van der Waals surface area contributed by atoms with Gasteiger partial charge in [-0.05, 0) is 30.4 Å². The first-order chi connectivity index (χ1) is 10.8. The summed E-state index contributed by atoms with van der Waals surface area (Å²) in [7, 11) is -1.59. The van der Waals surface area contributed by atoms with E-state index in [1.807, 2.05) is 4.90 Å². The standard InChI is InChI=1S/C14H16BrFN2O3S2/c1-21-5-4-17-12-7-23(19,20)8-13(12)18(14(17)22)11-3-2-9(15)6-10(11)16/h2-3,6,12-13H,4-5,7-8H2,1H3/t12-,13-/m0/s1. The molecule has 23 heavy (non-hydrogen) atoms. The first-order valence-electron chi connectivity index (χ1n) is 7.08. The average Bonchev–Trinajstić information content (AvgIpc) is 2.88. The SMILES string of the molecule is COCCN1C(=S)N(c2ccc(Br)cc2F)[C@H]2CS(=O)(=O)C[C@@H]21. The van der Waals surface area contributed by atoms with Crippen molar-refractivity contribution in [1.29, 1.82) is 0 Å². The summed E-state index contributed by atoms with van der Waals surface area (Å²) in [4.78, 5) is 3.48. The Labute approximate surface area is 148 Å². The Bertz CT molecular complexity index is 744. The van der Waals surface area contributed by atoms with E-state index >= 15 is 0 Å². The molecule has 0 amide bonds. The van der Waals surface area contributed by atoms with Crippen LogP contribution >= 0.6 is 28.1 Å². The predicted octanol–water partition coefficient (Wildman–Crippen LogP) is 1.81. The van der Waals surface area contributed by atoms with Crippen molar-refractivity contribution in [2.75, 3.05) is 36.7 Å². The maximum Gasteiger partial charge on any atom is 0.176 e. The van der Waals surface area contributed by atoms with Crippen LogP contribution in [0.4, 0.5) is 10.1 Å². The van der Waals surface area contributed by atoms with Crippen molar-refractivity contribution in [1.82, 2.24) is 4.90 Å². The molecule has 2 heterocycles. The van der Waals surface area contributed by atoms with Crippen molar-refractivity contribution in [3.8, 4) is 0 Å². The van der Waals surface area contributed by atoms with Crippen LogP contribution in [0.3, 0.4) is 0 Å². The highest BCUT2D eigenvalue weighted by atomic mass is 79.9. The molecule has 3 rings (SSSR count). The van der Waals surface area contributed by atoms with E-state index in [1.165, 1.54) is 6.07 Å². The number of fused-ring (bicyclic) bond motifs is 1. The van der Waals surface area contributed by atoms with Gasteiger partial charge >= 0.3 is 0 Å². The number of hydrogen-bond acceptors (Lipinski definition) is 4. The monoisotopic (exact) mass is 422 g/mol. The number of hydrogen-bond donors (Lipinski definition) is 0. The Morgan fingerprint density at radius 1 is 1.39 bits per heavy atom. The van der Waals surface area contributed by atoms with Gasteiger partial charge in [0.05, 0.1) is 35.9 Å². The zero-order chi connectivity index (χ0) is 16.8. The van der Waals surface area contributed by atoms with Crippen LogP contribution in [-0.4, -0.2) is 62.3 Å². The number of ether oxygens (including phenoxy) is 1. The van der Waals surface area contributed by atoms with E-state index in [2.05, 4.69) is 15.9 Å². The van der Waals surface area contributed by atoms with Crippen LogP contribution in [0.1, 0.15) is 0 Å². The molecule has 2 aliphatic heterocycles. The molecular weight excluding hydrogens is 407 g/mol. The lowest BCUT2D eigenvalue weighted by Gasteiger charge is -2.25. The molecule has 2 aliphatic rings. The summed E-state index contributed by atoms with van der Waals surface area (Å²) < 4.78 is 44.2. The van der Waals surface area contributed by atoms with E-state index in [9.17, 15) is 12.8 Å². The van der Waals surface area contributed by atoms with Gasteiger partial charge in [0.15, 0.2) is 14.9 Å². The molecule has 0 bridgehead atoms. The van der Waals surface area contributed by atoms with Gasteiger partial charge in [-0.1, -0.05) is 15.9 Å². The fourth-order valence-corrected chi connectivity index (χ4v) is 5.93. The highest BCUT2D eigenvalue weighted by molar-refractivity contribution is 9.10. The Morgan fingerprint density at radius 3 is 2.74 bits per heavy atom.